The molecule has 1 aliphatic heterocycles. The molecule has 0 unspecified atom stereocenters. The van der Waals surface area contributed by atoms with E-state index in [1.165, 1.54) is 20.5 Å². The average molecular weight is 430 g/mol. The molecule has 0 bridgehead atoms. The minimum Gasteiger partial charge on any atom is -0.374 e. The summed E-state index contributed by atoms with van der Waals surface area (Å²) in [5, 5.41) is 0. The number of H-pyrrole nitrogens is 1. The number of sulfonamides is 1. The average Bonchev–Trinajstić information content (AvgIpc) is 3.20. The minimum absolute atomic E-state index is 0.0529. The molecule has 1 fully saturated rings. The SMILES string of the molecule is CNS(=O)(=O)CC[C@H]1O[C@@H](n2cnc3c(=O)[nH]c(N)nc32)[C@H](OC)[C@@H]1OC(C)C. The molecule has 29 heavy (non-hydrogen) atoms. The largest absolute Gasteiger partial charge is 0.374 e. The highest BCUT2D eigenvalue weighted by molar-refractivity contribution is 7.89. The first-order valence-corrected chi connectivity index (χ1v) is 10.8. The van der Waals surface area contributed by atoms with Crippen molar-refractivity contribution in [3.63, 3.8) is 0 Å². The Morgan fingerprint density at radius 2 is 2.14 bits per heavy atom. The van der Waals surface area contributed by atoms with Crippen molar-refractivity contribution in [1.29, 1.82) is 0 Å². The Morgan fingerprint density at radius 1 is 1.41 bits per heavy atom. The molecule has 1 saturated heterocycles. The monoisotopic (exact) mass is 430 g/mol. The van der Waals surface area contributed by atoms with Gasteiger partial charge in [0.2, 0.25) is 16.0 Å². The van der Waals surface area contributed by atoms with Gasteiger partial charge in [-0.15, -0.1) is 0 Å². The standard InChI is InChI=1S/C16H26N6O6S/c1-8(2)27-11-9(5-6-29(24,25)18-3)28-15(12(11)26-4)22-7-19-10-13(22)20-16(17)21-14(10)23/h7-9,11-12,15,18H,5-6H2,1-4H3,(H3,17,20,21,23)/t9-,11-,12-,15-/m1/s1. The number of fused-ring (bicyclic) bond motifs is 1. The van der Waals surface area contributed by atoms with E-state index in [0.29, 0.717) is 0 Å². The molecule has 4 N–H and O–H groups in total. The molecule has 0 radical (unpaired) electrons. The van der Waals surface area contributed by atoms with E-state index < -0.39 is 40.1 Å². The number of nitrogens with one attached hydrogen (secondary N) is 2. The third kappa shape index (κ3) is 4.43. The fraction of sp³-hybridized carbons (Fsp3) is 0.688. The molecular formula is C16H26N6O6S. The first kappa shape index (κ1) is 21.6. The third-order valence-corrected chi connectivity index (χ3v) is 6.09. The van der Waals surface area contributed by atoms with Gasteiger partial charge in [-0.1, -0.05) is 0 Å². The van der Waals surface area contributed by atoms with Crippen molar-refractivity contribution in [2.45, 2.75) is 50.9 Å². The molecule has 1 aliphatic rings. The van der Waals surface area contributed by atoms with Crippen LogP contribution in [0.5, 0.6) is 0 Å². The van der Waals surface area contributed by atoms with E-state index in [0.717, 1.165) is 0 Å². The summed E-state index contributed by atoms with van der Waals surface area (Å²) in [4.78, 5) is 22.7. The molecule has 0 amide bonds. The number of hydrogen-bond donors (Lipinski definition) is 3. The van der Waals surface area contributed by atoms with E-state index in [1.807, 2.05) is 13.8 Å². The Morgan fingerprint density at radius 3 is 2.76 bits per heavy atom. The van der Waals surface area contributed by atoms with Gasteiger partial charge in [0.05, 0.1) is 24.3 Å². The maximum Gasteiger partial charge on any atom is 0.280 e. The van der Waals surface area contributed by atoms with Gasteiger partial charge in [0.15, 0.2) is 17.4 Å². The number of ether oxygens (including phenoxy) is 3. The molecule has 0 aliphatic carbocycles. The number of nitrogens with two attached hydrogens (primary N) is 1. The number of anilines is 1. The lowest BCUT2D eigenvalue weighted by Gasteiger charge is -2.25. The highest BCUT2D eigenvalue weighted by Crippen LogP contribution is 2.36. The van der Waals surface area contributed by atoms with Crippen LogP contribution in [0.3, 0.4) is 0 Å². The van der Waals surface area contributed by atoms with Crippen molar-refractivity contribution in [2.75, 3.05) is 25.6 Å². The number of hydrogen-bond acceptors (Lipinski definition) is 9. The van der Waals surface area contributed by atoms with Crippen LogP contribution in [0.15, 0.2) is 11.1 Å². The van der Waals surface area contributed by atoms with Crippen molar-refractivity contribution >= 4 is 27.1 Å². The van der Waals surface area contributed by atoms with Crippen LogP contribution in [0.1, 0.15) is 26.5 Å². The van der Waals surface area contributed by atoms with Gasteiger partial charge >= 0.3 is 0 Å². The second-order valence-corrected chi connectivity index (χ2v) is 9.05. The van der Waals surface area contributed by atoms with Gasteiger partial charge in [-0.3, -0.25) is 14.3 Å². The fourth-order valence-electron chi connectivity index (χ4n) is 3.40. The second-order valence-electron chi connectivity index (χ2n) is 7.00. The van der Waals surface area contributed by atoms with Crippen LogP contribution >= 0.6 is 0 Å². The number of aromatic nitrogens is 4. The Bertz CT molecular complexity index is 1020. The summed E-state index contributed by atoms with van der Waals surface area (Å²) in [6, 6.07) is 0. The third-order valence-electron chi connectivity index (χ3n) is 4.69. The summed E-state index contributed by atoms with van der Waals surface area (Å²) in [6.07, 6.45) is -0.938. The smallest absolute Gasteiger partial charge is 0.280 e. The van der Waals surface area contributed by atoms with Gasteiger partial charge in [0.1, 0.15) is 12.2 Å². The lowest BCUT2D eigenvalue weighted by molar-refractivity contribution is -0.0785. The highest BCUT2D eigenvalue weighted by atomic mass is 32.2. The summed E-state index contributed by atoms with van der Waals surface area (Å²) in [7, 11) is -0.548. The van der Waals surface area contributed by atoms with E-state index in [9.17, 15) is 13.2 Å². The van der Waals surface area contributed by atoms with Gasteiger partial charge < -0.3 is 19.9 Å². The van der Waals surface area contributed by atoms with Gasteiger partial charge in [-0.25, -0.2) is 18.1 Å². The van der Waals surface area contributed by atoms with Crippen LogP contribution in [0, 0.1) is 0 Å². The Kier molecular flexibility index (Phi) is 6.24. The lowest BCUT2D eigenvalue weighted by atomic mass is 10.1. The molecule has 2 aromatic heterocycles. The minimum atomic E-state index is -3.42. The zero-order valence-electron chi connectivity index (χ0n) is 16.7. The van der Waals surface area contributed by atoms with Crippen molar-refractivity contribution in [3.05, 3.63) is 16.7 Å². The number of methoxy groups -OCH3 is 1. The van der Waals surface area contributed by atoms with E-state index in [4.69, 9.17) is 19.9 Å². The Balaban J connectivity index is 1.97. The number of rotatable bonds is 8. The molecule has 13 heteroatoms. The van der Waals surface area contributed by atoms with Crippen molar-refractivity contribution in [2.24, 2.45) is 0 Å². The summed E-state index contributed by atoms with van der Waals surface area (Å²) in [5.41, 5.74) is 5.56. The summed E-state index contributed by atoms with van der Waals surface area (Å²) in [5.74, 6) is -0.187. The van der Waals surface area contributed by atoms with Crippen LogP contribution in [0.2, 0.25) is 0 Å². The van der Waals surface area contributed by atoms with Crippen LogP contribution < -0.4 is 16.0 Å². The van der Waals surface area contributed by atoms with E-state index in [1.54, 1.807) is 4.57 Å². The van der Waals surface area contributed by atoms with Crippen LogP contribution in [-0.4, -0.2) is 72.3 Å². The van der Waals surface area contributed by atoms with E-state index in [2.05, 4.69) is 19.7 Å². The molecule has 0 spiro atoms. The summed E-state index contributed by atoms with van der Waals surface area (Å²) in [6.45, 7) is 3.74. The first-order chi connectivity index (χ1) is 13.7. The number of nitrogen functional groups attached to an aromatic ring is 1. The Hall–Kier alpha value is -2.06. The maximum absolute atomic E-state index is 12.1. The molecular weight excluding hydrogens is 404 g/mol. The van der Waals surface area contributed by atoms with Crippen LogP contribution in [0.4, 0.5) is 5.95 Å². The van der Waals surface area contributed by atoms with E-state index in [-0.39, 0.29) is 35.4 Å². The number of imidazole rings is 1. The van der Waals surface area contributed by atoms with Crippen molar-refractivity contribution in [3.8, 4) is 0 Å². The fourth-order valence-corrected chi connectivity index (χ4v) is 4.14. The van der Waals surface area contributed by atoms with Gasteiger partial charge in [0.25, 0.3) is 5.56 Å². The van der Waals surface area contributed by atoms with Gasteiger partial charge in [-0.05, 0) is 27.3 Å². The van der Waals surface area contributed by atoms with Crippen LogP contribution in [0.25, 0.3) is 11.2 Å². The molecule has 3 rings (SSSR count). The molecule has 0 saturated carbocycles. The predicted molar refractivity (Wildman–Crippen MR) is 105 cm³/mol. The molecule has 4 atom stereocenters. The highest BCUT2D eigenvalue weighted by Gasteiger charge is 2.47. The van der Waals surface area contributed by atoms with Gasteiger partial charge in [-0.2, -0.15) is 4.98 Å². The zero-order chi connectivity index (χ0) is 21.3. The van der Waals surface area contributed by atoms with Crippen molar-refractivity contribution in [1.82, 2.24) is 24.2 Å². The number of aromatic amines is 1. The molecule has 2 aromatic rings. The lowest BCUT2D eigenvalue weighted by Crippen LogP contribution is -2.38. The normalized spacial score (nSPS) is 25.3. The quantitative estimate of drug-likeness (QED) is 0.493. The topological polar surface area (TPSA) is 163 Å². The van der Waals surface area contributed by atoms with Crippen LogP contribution in [-0.2, 0) is 24.2 Å². The molecule has 3 heterocycles. The molecule has 162 valence electrons. The molecule has 12 nitrogen and oxygen atoms in total. The van der Waals surface area contributed by atoms with Crippen molar-refractivity contribution < 1.29 is 22.6 Å². The number of nitrogens with zero attached hydrogens (tertiary/aromatic N) is 3. The summed E-state index contributed by atoms with van der Waals surface area (Å²) < 4.78 is 45.4. The van der Waals surface area contributed by atoms with E-state index >= 15 is 0 Å². The first-order valence-electron chi connectivity index (χ1n) is 9.14. The zero-order valence-corrected chi connectivity index (χ0v) is 17.5. The summed E-state index contributed by atoms with van der Waals surface area (Å²) >= 11 is 0. The predicted octanol–water partition coefficient (Wildman–Crippen LogP) is -0.653. The second kappa shape index (κ2) is 8.36. The Labute approximate surface area is 167 Å². The molecule has 0 aromatic carbocycles. The van der Waals surface area contributed by atoms with Gasteiger partial charge in [0, 0.05) is 7.11 Å². The maximum atomic E-state index is 12.1.